The maximum atomic E-state index is 10.7. The molecule has 1 heterocycles. The van der Waals surface area contributed by atoms with E-state index in [9.17, 15) is 5.11 Å². The molecule has 1 N–H and O–H groups in total. The van der Waals surface area contributed by atoms with E-state index < -0.39 is 6.10 Å². The fraction of sp³-hybridized carbons (Fsp3) is 0.323. The Kier molecular flexibility index (Phi) is 7.61. The molecule has 1 unspecified atom stereocenters. The first-order valence-electron chi connectivity index (χ1n) is 12.8. The largest absolute Gasteiger partial charge is 0.490 e. The van der Waals surface area contributed by atoms with Crippen LogP contribution in [0.25, 0.3) is 10.9 Å². The number of rotatable bonds is 9. The van der Waals surface area contributed by atoms with E-state index in [4.69, 9.17) is 4.74 Å². The third-order valence-electron chi connectivity index (χ3n) is 7.20. The standard InChI is InChI=1S/C31H35N3O2/c1-33(21-25(35)22-36-30-15-7-14-29-28(30)13-8-18-32-29)19-20-34(2)31-26-11-5-3-9-23(26)16-17-24-10-4-6-12-27(24)31/h3-15,18,25,31,35H,16-17,19-22H2,1-2H3. The Labute approximate surface area is 214 Å². The Bertz CT molecular complexity index is 1260. The van der Waals surface area contributed by atoms with E-state index in [1.54, 1.807) is 6.20 Å². The van der Waals surface area contributed by atoms with E-state index in [0.29, 0.717) is 6.54 Å². The molecule has 0 saturated heterocycles. The van der Waals surface area contributed by atoms with Crippen LogP contribution in [-0.4, -0.2) is 66.3 Å². The molecule has 36 heavy (non-hydrogen) atoms. The highest BCUT2D eigenvalue weighted by Gasteiger charge is 2.26. The van der Waals surface area contributed by atoms with Crippen molar-refractivity contribution in [3.8, 4) is 5.75 Å². The van der Waals surface area contributed by atoms with Gasteiger partial charge in [-0.25, -0.2) is 0 Å². The van der Waals surface area contributed by atoms with E-state index in [1.807, 2.05) is 30.3 Å². The second-order valence-electron chi connectivity index (χ2n) is 9.83. The van der Waals surface area contributed by atoms with Gasteiger partial charge in [-0.3, -0.25) is 9.88 Å². The van der Waals surface area contributed by atoms with Gasteiger partial charge in [-0.15, -0.1) is 0 Å². The van der Waals surface area contributed by atoms with Gasteiger partial charge in [-0.05, 0) is 73.5 Å². The van der Waals surface area contributed by atoms with Crippen molar-refractivity contribution in [1.29, 1.82) is 0 Å². The predicted molar refractivity (Wildman–Crippen MR) is 146 cm³/mol. The minimum atomic E-state index is -0.577. The van der Waals surface area contributed by atoms with Crippen LogP contribution in [0.15, 0.2) is 85.1 Å². The molecule has 1 aromatic heterocycles. The minimum Gasteiger partial charge on any atom is -0.490 e. The van der Waals surface area contributed by atoms with Crippen LogP contribution in [0, 0.1) is 0 Å². The average Bonchev–Trinajstić information content (AvgIpc) is 3.07. The summed E-state index contributed by atoms with van der Waals surface area (Å²) in [6.07, 6.45) is 3.36. The second kappa shape index (κ2) is 11.2. The first-order chi connectivity index (χ1) is 17.6. The van der Waals surface area contributed by atoms with Gasteiger partial charge in [0.15, 0.2) is 0 Å². The fourth-order valence-electron chi connectivity index (χ4n) is 5.32. The highest BCUT2D eigenvalue weighted by atomic mass is 16.5. The SMILES string of the molecule is CN(CCN(C)C1c2ccccc2CCc2ccccc21)CC(O)COc1cccc2ncccc12. The van der Waals surface area contributed by atoms with Gasteiger partial charge in [-0.1, -0.05) is 54.6 Å². The minimum absolute atomic E-state index is 0.238. The molecule has 3 aromatic carbocycles. The second-order valence-corrected chi connectivity index (χ2v) is 9.83. The molecule has 5 nitrogen and oxygen atoms in total. The first-order valence-corrected chi connectivity index (χ1v) is 12.8. The summed E-state index contributed by atoms with van der Waals surface area (Å²) < 4.78 is 5.97. The number of hydrogen-bond acceptors (Lipinski definition) is 5. The lowest BCUT2D eigenvalue weighted by Crippen LogP contribution is -2.38. The molecule has 0 amide bonds. The molecular formula is C31H35N3O2. The van der Waals surface area contributed by atoms with Crippen molar-refractivity contribution in [1.82, 2.24) is 14.8 Å². The maximum Gasteiger partial charge on any atom is 0.128 e. The molecule has 0 spiro atoms. The Morgan fingerprint density at radius 2 is 1.56 bits per heavy atom. The van der Waals surface area contributed by atoms with Gasteiger partial charge in [-0.2, -0.15) is 0 Å². The van der Waals surface area contributed by atoms with Crippen molar-refractivity contribution >= 4 is 10.9 Å². The van der Waals surface area contributed by atoms with Crippen LogP contribution in [0.2, 0.25) is 0 Å². The van der Waals surface area contributed by atoms with Crippen molar-refractivity contribution in [2.45, 2.75) is 25.0 Å². The number of aliphatic hydroxyl groups is 1. The Hall–Kier alpha value is -3.25. The molecule has 4 aromatic rings. The number of likely N-dealkylation sites (N-methyl/N-ethyl adjacent to an activating group) is 2. The van der Waals surface area contributed by atoms with Crippen LogP contribution >= 0.6 is 0 Å². The number of aryl methyl sites for hydroxylation is 2. The Morgan fingerprint density at radius 3 is 2.28 bits per heavy atom. The Balaban J connectivity index is 1.19. The van der Waals surface area contributed by atoms with Gasteiger partial charge in [0.2, 0.25) is 0 Å². The maximum absolute atomic E-state index is 10.7. The first kappa shape index (κ1) is 24.4. The number of pyridine rings is 1. The lowest BCUT2D eigenvalue weighted by Gasteiger charge is -2.32. The Morgan fingerprint density at radius 1 is 0.861 bits per heavy atom. The van der Waals surface area contributed by atoms with Gasteiger partial charge in [0, 0.05) is 31.2 Å². The fourth-order valence-corrected chi connectivity index (χ4v) is 5.32. The van der Waals surface area contributed by atoms with Crippen molar-refractivity contribution in [2.75, 3.05) is 40.3 Å². The summed E-state index contributed by atoms with van der Waals surface area (Å²) in [6.45, 7) is 2.55. The van der Waals surface area contributed by atoms with Gasteiger partial charge < -0.3 is 14.7 Å². The van der Waals surface area contributed by atoms with E-state index in [0.717, 1.165) is 42.6 Å². The lowest BCUT2D eigenvalue weighted by atomic mass is 9.93. The molecule has 1 aliphatic carbocycles. The predicted octanol–water partition coefficient (Wildman–Crippen LogP) is 4.73. The summed E-state index contributed by atoms with van der Waals surface area (Å²) in [5, 5.41) is 11.6. The molecule has 1 atom stereocenters. The summed E-state index contributed by atoms with van der Waals surface area (Å²) in [4.78, 5) is 9.01. The van der Waals surface area contributed by atoms with Gasteiger partial charge >= 0.3 is 0 Å². The van der Waals surface area contributed by atoms with Crippen LogP contribution in [0.3, 0.4) is 0 Å². The van der Waals surface area contributed by atoms with Gasteiger partial charge in [0.05, 0.1) is 11.6 Å². The number of benzene rings is 3. The number of ether oxygens (including phenoxy) is 1. The number of aliphatic hydroxyl groups excluding tert-OH is 1. The van der Waals surface area contributed by atoms with Crippen LogP contribution in [0.4, 0.5) is 0 Å². The summed E-state index contributed by atoms with van der Waals surface area (Å²) in [5.41, 5.74) is 6.59. The average molecular weight is 482 g/mol. The van der Waals surface area contributed by atoms with Crippen LogP contribution in [0.5, 0.6) is 5.75 Å². The molecule has 1 aliphatic rings. The van der Waals surface area contributed by atoms with Gasteiger partial charge in [0.25, 0.3) is 0 Å². The zero-order valence-electron chi connectivity index (χ0n) is 21.2. The van der Waals surface area contributed by atoms with Crippen LogP contribution < -0.4 is 4.74 Å². The number of nitrogens with zero attached hydrogens (tertiary/aromatic N) is 3. The van der Waals surface area contributed by atoms with Crippen molar-refractivity contribution in [3.05, 3.63) is 107 Å². The number of fused-ring (bicyclic) bond motifs is 3. The van der Waals surface area contributed by atoms with E-state index in [1.165, 1.54) is 22.3 Å². The zero-order chi connectivity index (χ0) is 24.9. The third-order valence-corrected chi connectivity index (χ3v) is 7.20. The van der Waals surface area contributed by atoms with Gasteiger partial charge in [0.1, 0.15) is 18.5 Å². The molecule has 0 aliphatic heterocycles. The summed E-state index contributed by atoms with van der Waals surface area (Å²) >= 11 is 0. The number of hydrogen-bond donors (Lipinski definition) is 1. The molecule has 0 saturated carbocycles. The molecule has 0 radical (unpaired) electrons. The number of aromatic nitrogens is 1. The molecular weight excluding hydrogens is 446 g/mol. The highest BCUT2D eigenvalue weighted by Crippen LogP contribution is 2.36. The van der Waals surface area contributed by atoms with Crippen molar-refractivity contribution in [3.63, 3.8) is 0 Å². The zero-order valence-corrected chi connectivity index (χ0v) is 21.2. The normalized spacial score (nSPS) is 14.5. The van der Waals surface area contributed by atoms with Crippen LogP contribution in [-0.2, 0) is 12.8 Å². The molecule has 5 heteroatoms. The van der Waals surface area contributed by atoms with E-state index in [-0.39, 0.29) is 12.6 Å². The van der Waals surface area contributed by atoms with Crippen LogP contribution in [0.1, 0.15) is 28.3 Å². The van der Waals surface area contributed by atoms with E-state index >= 15 is 0 Å². The van der Waals surface area contributed by atoms with E-state index in [2.05, 4.69) is 77.4 Å². The summed E-state index contributed by atoms with van der Waals surface area (Å²) in [6, 6.07) is 27.7. The third kappa shape index (κ3) is 5.44. The smallest absolute Gasteiger partial charge is 0.128 e. The molecule has 186 valence electrons. The molecule has 0 bridgehead atoms. The summed E-state index contributed by atoms with van der Waals surface area (Å²) in [7, 11) is 4.28. The van der Waals surface area contributed by atoms with Crippen molar-refractivity contribution in [2.24, 2.45) is 0 Å². The topological polar surface area (TPSA) is 48.8 Å². The van der Waals surface area contributed by atoms with Crippen molar-refractivity contribution < 1.29 is 9.84 Å². The monoisotopic (exact) mass is 481 g/mol. The highest BCUT2D eigenvalue weighted by molar-refractivity contribution is 5.84. The summed E-state index contributed by atoms with van der Waals surface area (Å²) in [5.74, 6) is 0.757. The quantitative estimate of drug-likeness (QED) is 0.375. The molecule has 5 rings (SSSR count). The lowest BCUT2D eigenvalue weighted by molar-refractivity contribution is 0.0734. The molecule has 0 fully saturated rings.